The van der Waals surface area contributed by atoms with Gasteiger partial charge in [-0.05, 0) is 26.0 Å². The standard InChI is InChI=1S/C26H32FN9O10S2/c1-26(2)21(23(38)36(26)46-48(41,42)43)32-22(37)20(18-12-47-25(30)31-18)33-45-19(24(39)40)11-44-15-4-5-16(17(27)6-15)13-8-34(3)35(9-13)10-14(29)7-28/h4-6,8-9,12,14,19,21H,7,10-11,28-29H2,1-3H3,(H4-,30,31,32,37,39,40,41,42,43)/p+1/b33-20-/t14?,19?,21-/m1/s1. The van der Waals surface area contributed by atoms with Gasteiger partial charge in [0, 0.05) is 29.6 Å². The van der Waals surface area contributed by atoms with E-state index in [4.69, 9.17) is 31.3 Å². The van der Waals surface area contributed by atoms with Gasteiger partial charge in [0.15, 0.2) is 17.9 Å². The van der Waals surface area contributed by atoms with Crippen molar-refractivity contribution in [1.82, 2.24) is 20.0 Å². The molecule has 1 fully saturated rings. The summed E-state index contributed by atoms with van der Waals surface area (Å²) in [5.41, 5.74) is 15.8. The van der Waals surface area contributed by atoms with Gasteiger partial charge in [-0.3, -0.25) is 14.1 Å². The van der Waals surface area contributed by atoms with Gasteiger partial charge in [0.1, 0.15) is 29.9 Å². The van der Waals surface area contributed by atoms with Gasteiger partial charge in [-0.25, -0.2) is 14.2 Å². The number of aromatic nitrogens is 3. The van der Waals surface area contributed by atoms with E-state index in [-0.39, 0.29) is 34.7 Å². The number of nitrogens with one attached hydrogen (secondary N) is 1. The first kappa shape index (κ1) is 36.1. The van der Waals surface area contributed by atoms with Crippen molar-refractivity contribution >= 4 is 50.4 Å². The minimum atomic E-state index is -5.04. The van der Waals surface area contributed by atoms with Crippen LogP contribution in [0.15, 0.2) is 41.1 Å². The second kappa shape index (κ2) is 14.2. The third kappa shape index (κ3) is 8.21. The zero-order valence-electron chi connectivity index (χ0n) is 25.6. The number of carboxylic acid groups (broad SMARTS) is 1. The predicted molar refractivity (Wildman–Crippen MR) is 165 cm³/mol. The highest BCUT2D eigenvalue weighted by Gasteiger charge is 2.58. The number of thiazole rings is 1. The Labute approximate surface area is 276 Å². The topological polar surface area (TPSA) is 281 Å². The Balaban J connectivity index is 1.47. The maximum Gasteiger partial charge on any atom is 0.418 e. The first-order valence-electron chi connectivity index (χ1n) is 13.9. The van der Waals surface area contributed by atoms with Crippen LogP contribution in [-0.2, 0) is 47.5 Å². The Bertz CT molecular complexity index is 1850. The summed E-state index contributed by atoms with van der Waals surface area (Å²) in [5, 5.41) is 17.4. The molecule has 2 aromatic heterocycles. The molecule has 0 spiro atoms. The highest BCUT2D eigenvalue weighted by atomic mass is 32.3. The van der Waals surface area contributed by atoms with E-state index >= 15 is 4.39 Å². The lowest BCUT2D eigenvalue weighted by Crippen LogP contribution is -2.76. The summed E-state index contributed by atoms with van der Waals surface area (Å²) in [4.78, 5) is 46.7. The third-order valence-corrected chi connectivity index (χ3v) is 8.06. The Kier molecular flexibility index (Phi) is 10.7. The normalized spacial score (nSPS) is 17.4. The molecular weight excluding hydrogens is 681 g/mol. The molecule has 3 heterocycles. The molecule has 0 aliphatic carbocycles. The monoisotopic (exact) mass is 714 g/mol. The number of halogens is 1. The molecule has 1 aromatic carbocycles. The second-order valence-electron chi connectivity index (χ2n) is 11.0. The Morgan fingerprint density at radius 2 is 2.04 bits per heavy atom. The van der Waals surface area contributed by atoms with Crippen LogP contribution in [0.3, 0.4) is 0 Å². The van der Waals surface area contributed by atoms with Crippen LogP contribution in [0.4, 0.5) is 9.52 Å². The van der Waals surface area contributed by atoms with E-state index in [2.05, 4.69) is 19.7 Å². The van der Waals surface area contributed by atoms with Crippen molar-refractivity contribution in [3.05, 3.63) is 47.5 Å². The fraction of sp³-hybridized carbons (Fsp3) is 0.385. The molecular formula is C26H33FN9O10S2+. The van der Waals surface area contributed by atoms with Crippen molar-refractivity contribution in [3.63, 3.8) is 0 Å². The molecule has 19 nitrogen and oxygen atoms in total. The number of hydrogen-bond acceptors (Lipinski definition) is 14. The van der Waals surface area contributed by atoms with Crippen LogP contribution in [0.25, 0.3) is 11.1 Å². The minimum Gasteiger partial charge on any atom is -0.489 e. The molecule has 1 saturated heterocycles. The number of β-lactam (4-membered cyclic amide) rings is 1. The molecule has 4 rings (SSSR count). The van der Waals surface area contributed by atoms with Crippen LogP contribution in [0.2, 0.25) is 0 Å². The average Bonchev–Trinajstić information content (AvgIpc) is 3.59. The molecule has 0 saturated carbocycles. The lowest BCUT2D eigenvalue weighted by molar-refractivity contribution is -0.753. The van der Waals surface area contributed by atoms with Crippen molar-refractivity contribution in [2.45, 2.75) is 44.1 Å². The summed E-state index contributed by atoms with van der Waals surface area (Å²) >= 11 is 0.921. The lowest BCUT2D eigenvalue weighted by Gasteiger charge is -2.50. The number of aliphatic carboxylic acids is 1. The van der Waals surface area contributed by atoms with Crippen molar-refractivity contribution in [3.8, 4) is 16.9 Å². The summed E-state index contributed by atoms with van der Waals surface area (Å²) in [7, 11) is -3.28. The Morgan fingerprint density at radius 3 is 2.60 bits per heavy atom. The lowest BCUT2D eigenvalue weighted by atomic mass is 9.84. The molecule has 3 atom stereocenters. The van der Waals surface area contributed by atoms with Crippen LogP contribution in [0, 0.1) is 5.82 Å². The number of rotatable bonds is 15. The van der Waals surface area contributed by atoms with E-state index in [0.29, 0.717) is 17.2 Å². The van der Waals surface area contributed by atoms with Crippen LogP contribution in [0.1, 0.15) is 19.5 Å². The maximum absolute atomic E-state index is 15.1. The second-order valence-corrected chi connectivity index (χ2v) is 12.9. The molecule has 0 radical (unpaired) electrons. The molecule has 1 aliphatic heterocycles. The molecule has 48 heavy (non-hydrogen) atoms. The number of anilines is 1. The third-order valence-electron chi connectivity index (χ3n) is 7.04. The number of nitrogen functional groups attached to an aromatic ring is 1. The van der Waals surface area contributed by atoms with Gasteiger partial charge in [-0.15, -0.1) is 20.3 Å². The van der Waals surface area contributed by atoms with E-state index in [9.17, 15) is 27.9 Å². The number of nitrogens with two attached hydrogens (primary N) is 3. The molecule has 22 heteroatoms. The van der Waals surface area contributed by atoms with Crippen molar-refractivity contribution in [1.29, 1.82) is 0 Å². The van der Waals surface area contributed by atoms with Gasteiger partial charge >= 0.3 is 16.4 Å². The molecule has 1 aliphatic rings. The summed E-state index contributed by atoms with van der Waals surface area (Å²) in [6.07, 6.45) is 1.59. The number of carbonyl (C=O) groups excluding carboxylic acids is 2. The molecule has 260 valence electrons. The molecule has 3 aromatic rings. The zero-order chi connectivity index (χ0) is 35.6. The quantitative estimate of drug-likeness (QED) is 0.0345. The average molecular weight is 715 g/mol. The molecule has 2 amide bonds. The van der Waals surface area contributed by atoms with Crippen molar-refractivity contribution in [2.24, 2.45) is 23.7 Å². The van der Waals surface area contributed by atoms with Gasteiger partial charge < -0.3 is 37.2 Å². The van der Waals surface area contributed by atoms with E-state index in [0.717, 1.165) is 17.4 Å². The van der Waals surface area contributed by atoms with Crippen molar-refractivity contribution in [2.75, 3.05) is 18.9 Å². The first-order valence-corrected chi connectivity index (χ1v) is 16.1. The highest BCUT2D eigenvalue weighted by molar-refractivity contribution is 7.80. The predicted octanol–water partition coefficient (Wildman–Crippen LogP) is -1.46. The van der Waals surface area contributed by atoms with Gasteiger partial charge in [0.25, 0.3) is 17.9 Å². The number of carbonyl (C=O) groups is 3. The number of amides is 2. The molecule has 0 bridgehead atoms. The largest absolute Gasteiger partial charge is 0.489 e. The van der Waals surface area contributed by atoms with E-state index in [1.54, 1.807) is 28.8 Å². The number of aryl methyl sites for hydroxylation is 1. The number of carboxylic acids is 1. The summed E-state index contributed by atoms with van der Waals surface area (Å²) in [5.74, 6) is -4.34. The van der Waals surface area contributed by atoms with Crippen LogP contribution < -0.4 is 31.9 Å². The number of oxime groups is 1. The van der Waals surface area contributed by atoms with Crippen LogP contribution in [-0.4, -0.2) is 93.2 Å². The van der Waals surface area contributed by atoms with E-state index < -0.39 is 64.0 Å². The summed E-state index contributed by atoms with van der Waals surface area (Å²) in [6.45, 7) is 2.67. The van der Waals surface area contributed by atoms with Gasteiger partial charge in [-0.1, -0.05) is 5.16 Å². The fourth-order valence-electron chi connectivity index (χ4n) is 4.47. The Morgan fingerprint density at radius 1 is 1.33 bits per heavy atom. The number of hydroxylamine groups is 2. The van der Waals surface area contributed by atoms with Crippen LogP contribution >= 0.6 is 11.3 Å². The summed E-state index contributed by atoms with van der Waals surface area (Å²) in [6, 6.07) is 2.27. The zero-order valence-corrected chi connectivity index (χ0v) is 27.3. The van der Waals surface area contributed by atoms with Gasteiger partial charge in [0.05, 0.1) is 23.8 Å². The first-order chi connectivity index (χ1) is 22.4. The van der Waals surface area contributed by atoms with E-state index in [1.165, 1.54) is 31.4 Å². The Hall–Kier alpha value is -4.74. The molecule has 9 N–H and O–H groups in total. The van der Waals surface area contributed by atoms with Crippen molar-refractivity contribution < 1.29 is 55.4 Å². The number of benzene rings is 1. The molecule has 2 unspecified atom stereocenters. The van der Waals surface area contributed by atoms with Crippen LogP contribution in [0.5, 0.6) is 5.75 Å². The van der Waals surface area contributed by atoms with E-state index in [1.807, 2.05) is 0 Å². The highest BCUT2D eigenvalue weighted by Crippen LogP contribution is 2.33. The summed E-state index contributed by atoms with van der Waals surface area (Å²) < 4.78 is 59.4. The van der Waals surface area contributed by atoms with Gasteiger partial charge in [0.2, 0.25) is 6.20 Å². The minimum absolute atomic E-state index is 0.0197. The number of nitrogens with zero attached hydrogens (tertiary/aromatic N) is 5. The smallest absolute Gasteiger partial charge is 0.418 e. The maximum atomic E-state index is 15.1. The van der Waals surface area contributed by atoms with Gasteiger partial charge in [-0.2, -0.15) is 18.2 Å². The fourth-order valence-corrected chi connectivity index (χ4v) is 5.47. The number of hydrogen-bond donors (Lipinski definition) is 6. The number of ether oxygens (including phenoxy) is 1. The SMILES string of the molecule is C[n+]1cc(-c2ccc(OCC(O/N=C(\C(=O)N[C@@H]3C(=O)N(OS(=O)(=O)O)C3(C)C)c3csc(N)n3)C(=O)O)cc2F)cn1CC(N)CN.